The highest BCUT2D eigenvalue weighted by Gasteiger charge is 2.36. The molecule has 4 nitrogen and oxygen atoms in total. The molecule has 0 spiro atoms. The van der Waals surface area contributed by atoms with Crippen molar-refractivity contribution in [3.05, 3.63) is 5.82 Å². The molecule has 1 aromatic heterocycles. The molecule has 0 saturated carbocycles. The molecule has 1 aromatic rings. The van der Waals surface area contributed by atoms with E-state index in [1.165, 1.54) is 14.1 Å². The number of halogens is 3. The maximum absolute atomic E-state index is 12.0. The molecule has 0 amide bonds. The van der Waals surface area contributed by atoms with Crippen LogP contribution in [0.2, 0.25) is 0 Å². The third-order valence-corrected chi connectivity index (χ3v) is 1.24. The van der Waals surface area contributed by atoms with Crippen LogP contribution in [-0.4, -0.2) is 21.8 Å². The van der Waals surface area contributed by atoms with Gasteiger partial charge < -0.3 is 5.32 Å². The summed E-state index contributed by atoms with van der Waals surface area (Å²) < 4.78 is 36.8. The number of aromatic nitrogens is 3. The van der Waals surface area contributed by atoms with Gasteiger partial charge in [0.05, 0.1) is 0 Å². The Balaban J connectivity index is 3.08. The Morgan fingerprint density at radius 2 is 2.00 bits per heavy atom. The lowest BCUT2D eigenvalue weighted by Gasteiger charge is -2.02. The van der Waals surface area contributed by atoms with Crippen molar-refractivity contribution >= 4 is 5.95 Å². The van der Waals surface area contributed by atoms with E-state index in [0.717, 1.165) is 0 Å². The molecule has 0 saturated heterocycles. The van der Waals surface area contributed by atoms with E-state index in [0.29, 0.717) is 4.68 Å². The van der Waals surface area contributed by atoms with E-state index in [2.05, 4.69) is 15.4 Å². The minimum Gasteiger partial charge on any atom is -0.356 e. The van der Waals surface area contributed by atoms with Crippen molar-refractivity contribution in [1.82, 2.24) is 14.8 Å². The van der Waals surface area contributed by atoms with Gasteiger partial charge in [0, 0.05) is 14.1 Å². The molecule has 7 heteroatoms. The van der Waals surface area contributed by atoms with Gasteiger partial charge in [-0.1, -0.05) is 0 Å². The molecular formula is C5H7F3N4. The minimum absolute atomic E-state index is 0.0372. The smallest absolute Gasteiger partial charge is 0.356 e. The second-order valence-corrected chi connectivity index (χ2v) is 2.13. The molecule has 0 aliphatic rings. The largest absolute Gasteiger partial charge is 0.451 e. The topological polar surface area (TPSA) is 42.7 Å². The number of hydrogen-bond acceptors (Lipinski definition) is 3. The second-order valence-electron chi connectivity index (χ2n) is 2.13. The average Bonchev–Trinajstić information content (AvgIpc) is 2.29. The maximum atomic E-state index is 12.0. The summed E-state index contributed by atoms with van der Waals surface area (Å²) in [5.74, 6) is -1.04. The van der Waals surface area contributed by atoms with Crippen LogP contribution in [0.3, 0.4) is 0 Å². The zero-order valence-electron chi connectivity index (χ0n) is 6.48. The van der Waals surface area contributed by atoms with Gasteiger partial charge in [-0.25, -0.2) is 4.68 Å². The summed E-state index contributed by atoms with van der Waals surface area (Å²) in [6.45, 7) is 0. The van der Waals surface area contributed by atoms with Crippen molar-refractivity contribution in [3.8, 4) is 0 Å². The monoisotopic (exact) mass is 180 g/mol. The number of aryl methyl sites for hydroxylation is 1. The molecule has 0 atom stereocenters. The van der Waals surface area contributed by atoms with E-state index in [1.54, 1.807) is 0 Å². The maximum Gasteiger partial charge on any atom is 0.451 e. The SMILES string of the molecule is CNc1nc(C(F)(F)F)n(C)n1. The molecule has 0 aromatic carbocycles. The van der Waals surface area contributed by atoms with Crippen LogP contribution in [0, 0.1) is 0 Å². The number of nitrogens with one attached hydrogen (secondary N) is 1. The summed E-state index contributed by atoms with van der Waals surface area (Å²) >= 11 is 0. The third-order valence-electron chi connectivity index (χ3n) is 1.24. The van der Waals surface area contributed by atoms with Crippen molar-refractivity contribution < 1.29 is 13.2 Å². The number of rotatable bonds is 1. The minimum atomic E-state index is -4.45. The zero-order valence-corrected chi connectivity index (χ0v) is 6.48. The highest BCUT2D eigenvalue weighted by Crippen LogP contribution is 2.27. The fraction of sp³-hybridized carbons (Fsp3) is 0.600. The van der Waals surface area contributed by atoms with Crippen molar-refractivity contribution in [1.29, 1.82) is 0 Å². The van der Waals surface area contributed by atoms with E-state index in [9.17, 15) is 13.2 Å². The molecule has 1 heterocycles. The summed E-state index contributed by atoms with van der Waals surface area (Å²) in [7, 11) is 2.64. The van der Waals surface area contributed by atoms with Crippen LogP contribution in [0.1, 0.15) is 5.82 Å². The predicted octanol–water partition coefficient (Wildman–Crippen LogP) is 0.876. The molecule has 0 fully saturated rings. The molecule has 68 valence electrons. The summed E-state index contributed by atoms with van der Waals surface area (Å²) in [6, 6.07) is 0. The van der Waals surface area contributed by atoms with E-state index in [4.69, 9.17) is 0 Å². The predicted molar refractivity (Wildman–Crippen MR) is 35.6 cm³/mol. The van der Waals surface area contributed by atoms with E-state index in [-0.39, 0.29) is 5.95 Å². The molecule has 1 rings (SSSR count). The Labute approximate surface area is 66.4 Å². The molecule has 1 N–H and O–H groups in total. The molecular weight excluding hydrogens is 173 g/mol. The van der Waals surface area contributed by atoms with Gasteiger partial charge in [-0.3, -0.25) is 0 Å². The van der Waals surface area contributed by atoms with Crippen LogP contribution in [0.25, 0.3) is 0 Å². The van der Waals surface area contributed by atoms with Crippen LogP contribution in [0.4, 0.5) is 19.1 Å². The fourth-order valence-corrected chi connectivity index (χ4v) is 0.737. The van der Waals surface area contributed by atoms with Crippen LogP contribution < -0.4 is 5.32 Å². The van der Waals surface area contributed by atoms with Crippen molar-refractivity contribution in [2.24, 2.45) is 7.05 Å². The summed E-state index contributed by atoms with van der Waals surface area (Å²) in [5.41, 5.74) is 0. The Morgan fingerprint density at radius 3 is 2.25 bits per heavy atom. The van der Waals surface area contributed by atoms with Crippen LogP contribution >= 0.6 is 0 Å². The van der Waals surface area contributed by atoms with Gasteiger partial charge in [0.25, 0.3) is 0 Å². The number of alkyl halides is 3. The highest BCUT2D eigenvalue weighted by atomic mass is 19.4. The van der Waals surface area contributed by atoms with Crippen LogP contribution in [-0.2, 0) is 13.2 Å². The number of hydrogen-bond donors (Lipinski definition) is 1. The first-order valence-corrected chi connectivity index (χ1v) is 3.11. The van der Waals surface area contributed by atoms with Gasteiger partial charge in [0.1, 0.15) is 0 Å². The Morgan fingerprint density at radius 1 is 1.42 bits per heavy atom. The quantitative estimate of drug-likeness (QED) is 0.697. The van der Waals surface area contributed by atoms with Gasteiger partial charge in [-0.05, 0) is 0 Å². The molecule has 0 aliphatic heterocycles. The fourth-order valence-electron chi connectivity index (χ4n) is 0.737. The summed E-state index contributed by atoms with van der Waals surface area (Å²) in [5, 5.41) is 5.89. The van der Waals surface area contributed by atoms with Crippen molar-refractivity contribution in [2.75, 3.05) is 12.4 Å². The van der Waals surface area contributed by atoms with Gasteiger partial charge in [-0.15, -0.1) is 5.10 Å². The lowest BCUT2D eigenvalue weighted by molar-refractivity contribution is -0.147. The second kappa shape index (κ2) is 2.65. The van der Waals surface area contributed by atoms with E-state index < -0.39 is 12.0 Å². The Kier molecular flexibility index (Phi) is 1.95. The molecule has 0 aliphatic carbocycles. The lowest BCUT2D eigenvalue weighted by Crippen LogP contribution is -2.13. The Hall–Kier alpha value is -1.27. The van der Waals surface area contributed by atoms with Crippen LogP contribution in [0.15, 0.2) is 0 Å². The van der Waals surface area contributed by atoms with Gasteiger partial charge in [-0.2, -0.15) is 18.2 Å². The normalized spacial score (nSPS) is 11.8. The molecule has 0 unspecified atom stereocenters. The van der Waals surface area contributed by atoms with Gasteiger partial charge in [0.2, 0.25) is 11.8 Å². The van der Waals surface area contributed by atoms with Gasteiger partial charge >= 0.3 is 6.18 Å². The molecule has 0 radical (unpaired) electrons. The standard InChI is InChI=1S/C5H7F3N4/c1-9-4-10-3(5(6,7)8)12(2)11-4/h1-2H3,(H,9,11). The van der Waals surface area contributed by atoms with Gasteiger partial charge in [0.15, 0.2) is 0 Å². The van der Waals surface area contributed by atoms with E-state index >= 15 is 0 Å². The number of nitrogens with zero attached hydrogens (tertiary/aromatic N) is 3. The van der Waals surface area contributed by atoms with Crippen molar-refractivity contribution in [3.63, 3.8) is 0 Å². The molecule has 12 heavy (non-hydrogen) atoms. The summed E-state index contributed by atoms with van der Waals surface area (Å²) in [4.78, 5) is 3.22. The zero-order chi connectivity index (χ0) is 9.35. The molecule has 0 bridgehead atoms. The van der Waals surface area contributed by atoms with Crippen LogP contribution in [0.5, 0.6) is 0 Å². The first-order chi connectivity index (χ1) is 5.45. The lowest BCUT2D eigenvalue weighted by atomic mass is 10.6. The third kappa shape index (κ3) is 1.49. The average molecular weight is 180 g/mol. The Bertz CT molecular complexity index is 277. The first kappa shape index (κ1) is 8.82. The van der Waals surface area contributed by atoms with E-state index in [1.807, 2.05) is 0 Å². The first-order valence-electron chi connectivity index (χ1n) is 3.11. The number of anilines is 1. The highest BCUT2D eigenvalue weighted by molar-refractivity contribution is 5.22. The summed E-state index contributed by atoms with van der Waals surface area (Å²) in [6.07, 6.45) is -4.45. The van der Waals surface area contributed by atoms with Crippen molar-refractivity contribution in [2.45, 2.75) is 6.18 Å².